The van der Waals surface area contributed by atoms with Gasteiger partial charge in [0.25, 0.3) is 0 Å². The SMILES string of the molecule is CC.CC(/C=C\C1=CC=CCC(N(C)O)=C1N)c1ccc(F)cc1. The summed E-state index contributed by atoms with van der Waals surface area (Å²) in [7, 11) is 1.56. The Morgan fingerprint density at radius 3 is 2.46 bits per heavy atom. The van der Waals surface area contributed by atoms with Crippen LogP contribution in [-0.4, -0.2) is 17.3 Å². The molecule has 0 amide bonds. The summed E-state index contributed by atoms with van der Waals surface area (Å²) in [6.07, 6.45) is 10.3. The molecular formula is C20H27FN2O. The summed E-state index contributed by atoms with van der Waals surface area (Å²) < 4.78 is 13.0. The van der Waals surface area contributed by atoms with Gasteiger partial charge < -0.3 is 5.73 Å². The first kappa shape index (κ1) is 19.7. The number of halogens is 1. The molecule has 1 atom stereocenters. The van der Waals surface area contributed by atoms with E-state index in [1.165, 1.54) is 12.1 Å². The van der Waals surface area contributed by atoms with Gasteiger partial charge in [-0.1, -0.05) is 63.3 Å². The molecule has 0 aliphatic heterocycles. The largest absolute Gasteiger partial charge is 0.397 e. The fourth-order valence-electron chi connectivity index (χ4n) is 2.29. The van der Waals surface area contributed by atoms with Gasteiger partial charge in [0.2, 0.25) is 0 Å². The Hall–Kier alpha value is -2.33. The van der Waals surface area contributed by atoms with E-state index in [9.17, 15) is 9.60 Å². The molecule has 3 nitrogen and oxygen atoms in total. The fraction of sp³-hybridized carbons (Fsp3) is 0.300. The molecule has 0 saturated carbocycles. The van der Waals surface area contributed by atoms with E-state index < -0.39 is 0 Å². The lowest BCUT2D eigenvalue weighted by Gasteiger charge is -2.17. The number of hydrogen-bond acceptors (Lipinski definition) is 3. The molecule has 0 bridgehead atoms. The first-order valence-electron chi connectivity index (χ1n) is 8.21. The zero-order valence-electron chi connectivity index (χ0n) is 14.8. The average molecular weight is 330 g/mol. The number of rotatable bonds is 4. The molecule has 1 aromatic carbocycles. The second-order valence-electron chi connectivity index (χ2n) is 5.34. The smallest absolute Gasteiger partial charge is 0.123 e. The number of allylic oxidation sites excluding steroid dienone is 5. The molecule has 1 aliphatic carbocycles. The third kappa shape index (κ3) is 5.39. The van der Waals surface area contributed by atoms with E-state index in [0.717, 1.165) is 16.2 Å². The van der Waals surface area contributed by atoms with Gasteiger partial charge in [-0.15, -0.1) is 0 Å². The maximum atomic E-state index is 13.0. The lowest BCUT2D eigenvalue weighted by atomic mass is 9.99. The third-order valence-corrected chi connectivity index (χ3v) is 3.70. The molecule has 130 valence electrons. The minimum atomic E-state index is -0.237. The second-order valence-corrected chi connectivity index (χ2v) is 5.34. The zero-order valence-corrected chi connectivity index (χ0v) is 14.8. The second kappa shape index (κ2) is 9.73. The van der Waals surface area contributed by atoms with Crippen molar-refractivity contribution in [2.75, 3.05) is 7.05 Å². The molecule has 2 rings (SSSR count). The van der Waals surface area contributed by atoms with Crippen molar-refractivity contribution in [3.8, 4) is 0 Å². The van der Waals surface area contributed by atoms with Crippen LogP contribution in [0.3, 0.4) is 0 Å². The average Bonchev–Trinajstić information content (AvgIpc) is 2.77. The van der Waals surface area contributed by atoms with Crippen molar-refractivity contribution < 1.29 is 9.60 Å². The van der Waals surface area contributed by atoms with Gasteiger partial charge in [0.15, 0.2) is 0 Å². The van der Waals surface area contributed by atoms with Gasteiger partial charge in [-0.25, -0.2) is 4.39 Å². The van der Waals surface area contributed by atoms with Crippen molar-refractivity contribution >= 4 is 0 Å². The summed E-state index contributed by atoms with van der Waals surface area (Å²) in [6.45, 7) is 6.04. The van der Waals surface area contributed by atoms with Crippen molar-refractivity contribution in [2.24, 2.45) is 5.73 Å². The highest BCUT2D eigenvalue weighted by Crippen LogP contribution is 2.22. The minimum absolute atomic E-state index is 0.136. The number of hydroxylamine groups is 2. The van der Waals surface area contributed by atoms with Crippen LogP contribution in [0.1, 0.15) is 38.7 Å². The van der Waals surface area contributed by atoms with E-state index in [4.69, 9.17) is 5.73 Å². The van der Waals surface area contributed by atoms with Crippen molar-refractivity contribution in [1.82, 2.24) is 5.06 Å². The molecule has 1 aromatic rings. The highest BCUT2D eigenvalue weighted by Gasteiger charge is 2.11. The van der Waals surface area contributed by atoms with E-state index >= 15 is 0 Å². The molecule has 0 spiro atoms. The zero-order chi connectivity index (χ0) is 18.1. The Labute approximate surface area is 144 Å². The Kier molecular flexibility index (Phi) is 7.99. The van der Waals surface area contributed by atoms with Gasteiger partial charge in [0.1, 0.15) is 5.82 Å². The molecule has 0 heterocycles. The molecule has 0 aromatic heterocycles. The van der Waals surface area contributed by atoms with Gasteiger partial charge >= 0.3 is 0 Å². The van der Waals surface area contributed by atoms with Gasteiger partial charge in [-0.05, 0) is 29.2 Å². The first-order valence-corrected chi connectivity index (χ1v) is 8.21. The highest BCUT2D eigenvalue weighted by atomic mass is 19.1. The first-order chi connectivity index (χ1) is 11.5. The summed E-state index contributed by atoms with van der Waals surface area (Å²) in [5, 5.41) is 10.7. The van der Waals surface area contributed by atoms with Crippen LogP contribution in [0.15, 0.2) is 71.6 Å². The monoisotopic (exact) mass is 330 g/mol. The predicted molar refractivity (Wildman–Crippen MR) is 97.9 cm³/mol. The molecule has 3 N–H and O–H groups in total. The third-order valence-electron chi connectivity index (χ3n) is 3.70. The van der Waals surface area contributed by atoms with E-state index in [0.29, 0.717) is 17.8 Å². The van der Waals surface area contributed by atoms with Gasteiger partial charge in [0, 0.05) is 13.5 Å². The molecule has 24 heavy (non-hydrogen) atoms. The summed E-state index contributed by atoms with van der Waals surface area (Å²) in [5.74, 6) is -0.101. The van der Waals surface area contributed by atoms with Crippen LogP contribution in [0.5, 0.6) is 0 Å². The van der Waals surface area contributed by atoms with Crippen molar-refractivity contribution in [3.63, 3.8) is 0 Å². The Morgan fingerprint density at radius 2 is 1.88 bits per heavy atom. The minimum Gasteiger partial charge on any atom is -0.397 e. The Bertz CT molecular complexity index is 640. The maximum Gasteiger partial charge on any atom is 0.123 e. The van der Waals surface area contributed by atoms with E-state index in [1.54, 1.807) is 19.2 Å². The lowest BCUT2D eigenvalue weighted by molar-refractivity contribution is -0.0309. The molecule has 4 heteroatoms. The molecule has 1 unspecified atom stereocenters. The quantitative estimate of drug-likeness (QED) is 0.773. The summed E-state index contributed by atoms with van der Waals surface area (Å²) in [4.78, 5) is 0. The molecule has 0 fully saturated rings. The van der Waals surface area contributed by atoms with Crippen LogP contribution in [0, 0.1) is 5.82 Å². The summed E-state index contributed by atoms with van der Waals surface area (Å²) >= 11 is 0. The highest BCUT2D eigenvalue weighted by molar-refractivity contribution is 5.45. The van der Waals surface area contributed by atoms with Crippen LogP contribution >= 0.6 is 0 Å². The number of hydrogen-bond donors (Lipinski definition) is 2. The standard InChI is InChI=1S/C18H21FN2O.C2H6/c1-13(14-9-11-16(19)12-10-14)7-8-15-5-3-4-6-17(18(15)20)21(2)22;1-2/h3-5,7-13,22H,6,20H2,1-2H3;1-2H3/b8-7-;. The van der Waals surface area contributed by atoms with Crippen LogP contribution in [0.4, 0.5) is 4.39 Å². The number of benzene rings is 1. The number of nitrogens with zero attached hydrogens (tertiary/aromatic N) is 1. The van der Waals surface area contributed by atoms with Crippen LogP contribution in [-0.2, 0) is 0 Å². The normalized spacial score (nSPS) is 15.5. The Balaban J connectivity index is 0.00000139. The molecule has 0 radical (unpaired) electrons. The Morgan fingerprint density at radius 1 is 1.25 bits per heavy atom. The molecular weight excluding hydrogens is 303 g/mol. The van der Waals surface area contributed by atoms with Crippen LogP contribution in [0.2, 0.25) is 0 Å². The van der Waals surface area contributed by atoms with Gasteiger partial charge in [-0.3, -0.25) is 10.3 Å². The van der Waals surface area contributed by atoms with Gasteiger partial charge in [0.05, 0.1) is 11.4 Å². The fourth-order valence-corrected chi connectivity index (χ4v) is 2.29. The van der Waals surface area contributed by atoms with E-state index in [-0.39, 0.29) is 11.7 Å². The number of nitrogens with two attached hydrogens (primary N) is 1. The predicted octanol–water partition coefficient (Wildman–Crippen LogP) is 4.89. The molecule has 1 aliphatic rings. The molecule has 0 saturated heterocycles. The van der Waals surface area contributed by atoms with Crippen molar-refractivity contribution in [2.45, 2.75) is 33.1 Å². The van der Waals surface area contributed by atoms with E-state index in [1.807, 2.05) is 51.2 Å². The van der Waals surface area contributed by atoms with Crippen LogP contribution < -0.4 is 5.73 Å². The maximum absolute atomic E-state index is 13.0. The topological polar surface area (TPSA) is 49.5 Å². The lowest BCUT2D eigenvalue weighted by Crippen LogP contribution is -2.18. The van der Waals surface area contributed by atoms with Crippen molar-refractivity contribution in [1.29, 1.82) is 0 Å². The van der Waals surface area contributed by atoms with Crippen LogP contribution in [0.25, 0.3) is 0 Å². The van der Waals surface area contributed by atoms with Crippen molar-refractivity contribution in [3.05, 3.63) is 83.0 Å². The van der Waals surface area contributed by atoms with E-state index in [2.05, 4.69) is 0 Å². The summed E-state index contributed by atoms with van der Waals surface area (Å²) in [6, 6.07) is 6.47. The van der Waals surface area contributed by atoms with Gasteiger partial charge in [-0.2, -0.15) is 0 Å². The summed E-state index contributed by atoms with van der Waals surface area (Å²) in [5.41, 5.74) is 9.23.